The molecule has 2 aliphatic rings. The molecule has 4 heteroatoms. The van der Waals surface area contributed by atoms with E-state index in [1.807, 2.05) is 58.0 Å². The lowest BCUT2D eigenvalue weighted by molar-refractivity contribution is -0.180. The largest absolute Gasteiger partial charge is 0.394 e. The van der Waals surface area contributed by atoms with Crippen LogP contribution in [0.5, 0.6) is 0 Å². The van der Waals surface area contributed by atoms with Crippen molar-refractivity contribution in [1.82, 2.24) is 0 Å². The first-order valence-electron chi connectivity index (χ1n) is 8.93. The number of ketones is 1. The third-order valence-electron chi connectivity index (χ3n) is 6.21. The number of carbonyl (C=O) groups is 1. The molecule has 136 valence electrons. The van der Waals surface area contributed by atoms with Gasteiger partial charge in [-0.1, -0.05) is 63.3 Å². The zero-order valence-electron chi connectivity index (χ0n) is 15.5. The molecule has 1 aromatic carbocycles. The van der Waals surface area contributed by atoms with Crippen LogP contribution in [-0.4, -0.2) is 29.2 Å². The second-order valence-corrected chi connectivity index (χ2v) is 7.99. The number of benzene rings is 1. The molecule has 4 nitrogen and oxygen atoms in total. The first-order chi connectivity index (χ1) is 11.7. The van der Waals surface area contributed by atoms with Gasteiger partial charge in [0.25, 0.3) is 0 Å². The van der Waals surface area contributed by atoms with Gasteiger partial charge in [-0.05, 0) is 19.3 Å². The Morgan fingerprint density at radius 1 is 1.32 bits per heavy atom. The molecule has 25 heavy (non-hydrogen) atoms. The molecule has 1 spiro atoms. The highest BCUT2D eigenvalue weighted by molar-refractivity contribution is 5.89. The van der Waals surface area contributed by atoms with Crippen molar-refractivity contribution < 1.29 is 19.4 Å². The van der Waals surface area contributed by atoms with Crippen LogP contribution in [0.3, 0.4) is 0 Å². The summed E-state index contributed by atoms with van der Waals surface area (Å²) in [5.41, 5.74) is 0.246. The molecule has 0 radical (unpaired) electrons. The fraction of sp³-hybridized carbons (Fsp3) is 0.571. The summed E-state index contributed by atoms with van der Waals surface area (Å²) in [5.74, 6) is 0.0482. The van der Waals surface area contributed by atoms with Crippen LogP contribution in [-0.2, 0) is 14.3 Å². The van der Waals surface area contributed by atoms with Crippen LogP contribution in [0.25, 0.3) is 0 Å². The lowest BCUT2D eigenvalue weighted by atomic mass is 9.55. The van der Waals surface area contributed by atoms with Crippen molar-refractivity contribution in [3.05, 3.63) is 48.0 Å². The molecule has 2 fully saturated rings. The number of hydrogen-bond acceptors (Lipinski definition) is 4. The lowest BCUT2D eigenvalue weighted by Crippen LogP contribution is -2.63. The molecule has 0 unspecified atom stereocenters. The van der Waals surface area contributed by atoms with Crippen molar-refractivity contribution in [1.29, 1.82) is 0 Å². The van der Waals surface area contributed by atoms with Crippen LogP contribution in [0, 0.1) is 17.3 Å². The van der Waals surface area contributed by atoms with Gasteiger partial charge in [-0.3, -0.25) is 4.79 Å². The van der Waals surface area contributed by atoms with E-state index in [-0.39, 0.29) is 24.2 Å². The monoisotopic (exact) mass is 344 g/mol. The smallest absolute Gasteiger partial charge is 0.185 e. The predicted molar refractivity (Wildman–Crippen MR) is 95.8 cm³/mol. The molecule has 1 aromatic rings. The number of Topliss-reactive ketones (excluding diaryl/α,β-unsaturated/α-hetero) is 1. The van der Waals surface area contributed by atoms with Gasteiger partial charge in [-0.25, -0.2) is 0 Å². The van der Waals surface area contributed by atoms with Gasteiger partial charge in [0.15, 0.2) is 6.29 Å². The summed E-state index contributed by atoms with van der Waals surface area (Å²) < 4.78 is 12.5. The first-order valence-corrected chi connectivity index (χ1v) is 8.93. The highest BCUT2D eigenvalue weighted by Gasteiger charge is 2.65. The van der Waals surface area contributed by atoms with E-state index < -0.39 is 23.4 Å². The van der Waals surface area contributed by atoms with Gasteiger partial charge >= 0.3 is 0 Å². The number of carbonyl (C=O) groups excluding carboxylic acids is 1. The summed E-state index contributed by atoms with van der Waals surface area (Å²) in [7, 11) is 0. The second kappa shape index (κ2) is 6.35. The summed E-state index contributed by atoms with van der Waals surface area (Å²) in [6.45, 7) is 11.7. The van der Waals surface area contributed by atoms with Crippen LogP contribution in [0.1, 0.15) is 46.0 Å². The molecule has 3 rings (SSSR count). The number of hydrogen-bond donors (Lipinski definition) is 1. The van der Waals surface area contributed by atoms with Crippen LogP contribution in [0.2, 0.25) is 0 Å². The minimum absolute atomic E-state index is 0.0210. The maximum absolute atomic E-state index is 13.2. The van der Waals surface area contributed by atoms with Gasteiger partial charge < -0.3 is 14.6 Å². The number of allylic oxidation sites excluding steroid dienone is 1. The summed E-state index contributed by atoms with van der Waals surface area (Å²) in [5, 5.41) is 10.0. The topological polar surface area (TPSA) is 55.8 Å². The Labute approximate surface area is 149 Å². The van der Waals surface area contributed by atoms with Crippen molar-refractivity contribution in [3.8, 4) is 0 Å². The summed E-state index contributed by atoms with van der Waals surface area (Å²) in [6.07, 6.45) is -0.507. The Bertz CT molecular complexity index is 666. The maximum Gasteiger partial charge on any atom is 0.185 e. The Hall–Kier alpha value is -1.49. The molecule has 0 amide bonds. The Morgan fingerprint density at radius 3 is 2.52 bits per heavy atom. The van der Waals surface area contributed by atoms with Gasteiger partial charge in [0.05, 0.1) is 12.0 Å². The molecule has 0 bridgehead atoms. The number of ether oxygens (including phenoxy) is 2. The lowest BCUT2D eigenvalue weighted by Gasteiger charge is -2.52. The van der Waals surface area contributed by atoms with Gasteiger partial charge in [0, 0.05) is 11.5 Å². The quantitative estimate of drug-likeness (QED) is 0.850. The van der Waals surface area contributed by atoms with Crippen molar-refractivity contribution in [2.45, 2.75) is 52.1 Å². The van der Waals surface area contributed by atoms with Crippen molar-refractivity contribution in [3.63, 3.8) is 0 Å². The van der Waals surface area contributed by atoms with Crippen LogP contribution in [0.15, 0.2) is 42.5 Å². The van der Waals surface area contributed by atoms with E-state index in [1.54, 1.807) is 0 Å². The predicted octanol–water partition coefficient (Wildman–Crippen LogP) is 3.66. The number of aliphatic hydroxyl groups excluding tert-OH is 1. The average Bonchev–Trinajstić information content (AvgIpc) is 2.98. The Kier molecular flexibility index (Phi) is 4.65. The average molecular weight is 344 g/mol. The molecule has 1 aliphatic heterocycles. The summed E-state index contributed by atoms with van der Waals surface area (Å²) in [4.78, 5) is 13.2. The Balaban J connectivity index is 2.04. The van der Waals surface area contributed by atoms with E-state index in [2.05, 4.69) is 6.58 Å². The fourth-order valence-electron chi connectivity index (χ4n) is 4.55. The van der Waals surface area contributed by atoms with E-state index in [0.29, 0.717) is 6.42 Å². The molecular formula is C21H28O4. The van der Waals surface area contributed by atoms with Crippen molar-refractivity contribution >= 4 is 5.78 Å². The molecular weight excluding hydrogens is 316 g/mol. The minimum Gasteiger partial charge on any atom is -0.394 e. The third-order valence-corrected chi connectivity index (χ3v) is 6.21. The van der Waals surface area contributed by atoms with Crippen molar-refractivity contribution in [2.24, 2.45) is 17.3 Å². The van der Waals surface area contributed by atoms with E-state index in [1.165, 1.54) is 0 Å². The van der Waals surface area contributed by atoms with E-state index >= 15 is 0 Å². The van der Waals surface area contributed by atoms with Gasteiger partial charge in [0.2, 0.25) is 0 Å². The molecule has 1 N–H and O–H groups in total. The van der Waals surface area contributed by atoms with Crippen LogP contribution >= 0.6 is 0 Å². The molecule has 1 heterocycles. The van der Waals surface area contributed by atoms with Crippen LogP contribution < -0.4 is 0 Å². The Morgan fingerprint density at radius 2 is 1.96 bits per heavy atom. The molecule has 1 aliphatic carbocycles. The minimum atomic E-state index is -0.866. The number of aliphatic hydroxyl groups is 1. The molecule has 5 atom stereocenters. The maximum atomic E-state index is 13.2. The molecule has 1 saturated carbocycles. The highest BCUT2D eigenvalue weighted by Crippen LogP contribution is 2.57. The van der Waals surface area contributed by atoms with Crippen LogP contribution in [0.4, 0.5) is 0 Å². The summed E-state index contributed by atoms with van der Waals surface area (Å²) >= 11 is 0. The molecule has 1 saturated heterocycles. The fourth-order valence-corrected chi connectivity index (χ4v) is 4.55. The SMILES string of the molecule is C=C(C)[C@H]1C[C@]2(O[C@@H](c3ccccc3)O[C@H]2CO)C(C)(C)C(=O)[C@@H]1C. The number of rotatable bonds is 3. The van der Waals surface area contributed by atoms with E-state index in [9.17, 15) is 9.90 Å². The molecule has 0 aromatic heterocycles. The highest BCUT2D eigenvalue weighted by atomic mass is 16.7. The third kappa shape index (κ3) is 2.67. The van der Waals surface area contributed by atoms with Gasteiger partial charge in [0.1, 0.15) is 17.5 Å². The summed E-state index contributed by atoms with van der Waals surface area (Å²) in [6, 6.07) is 9.67. The first kappa shape index (κ1) is 18.3. The zero-order valence-corrected chi connectivity index (χ0v) is 15.5. The standard InChI is InChI=1S/C21H28O4/c1-13(2)16-11-21(20(4,5)18(23)14(16)3)17(12-22)24-19(25-21)15-9-7-6-8-10-15/h6-10,14,16-17,19,22H,1,11-12H2,2-5H3/t14-,16-,17+,19+,21-/m1/s1. The second-order valence-electron chi connectivity index (χ2n) is 7.99. The zero-order chi connectivity index (χ0) is 18.4. The normalized spacial score (nSPS) is 37.4. The van der Waals surface area contributed by atoms with E-state index in [4.69, 9.17) is 9.47 Å². The van der Waals surface area contributed by atoms with E-state index in [0.717, 1.165) is 11.1 Å². The van der Waals surface area contributed by atoms with Crippen molar-refractivity contribution in [2.75, 3.05) is 6.61 Å². The van der Waals surface area contributed by atoms with Gasteiger partial charge in [-0.15, -0.1) is 0 Å². The van der Waals surface area contributed by atoms with Gasteiger partial charge in [-0.2, -0.15) is 0 Å².